The van der Waals surface area contributed by atoms with Gasteiger partial charge in [-0.05, 0) is 53.7 Å². The van der Waals surface area contributed by atoms with Gasteiger partial charge >= 0.3 is 0 Å². The minimum absolute atomic E-state index is 0.163. The minimum atomic E-state index is -4.46. The van der Waals surface area contributed by atoms with E-state index in [0.717, 1.165) is 6.07 Å². The molecule has 0 aromatic heterocycles. The smallest absolute Gasteiger partial charge is 0.161 e. The standard InChI is InChI=1S/C20H31NO3/c1-20(2,3)11-14-12-21-7-6-13-8-18(23-4)19(24-5)9-15(13)16(21)10-17(14)22/h8-9,14,16-17,22H,6-7,10-12H2,1-5H3/i1D3,2D3,4D3,5D3,10D2,11D2,12D2,14D,16D,17D. The monoisotopic (exact) mass is 354 g/mol. The number of fused-ring (bicyclic) bond motifs is 3. The van der Waals surface area contributed by atoms with Gasteiger partial charge in [-0.1, -0.05) is 20.6 Å². The van der Waals surface area contributed by atoms with E-state index in [2.05, 4.69) is 0 Å². The quantitative estimate of drug-likeness (QED) is 0.903. The molecule has 0 bridgehead atoms. The second kappa shape index (κ2) is 6.57. The zero-order valence-corrected chi connectivity index (χ0v) is 12.8. The van der Waals surface area contributed by atoms with Gasteiger partial charge in [0.25, 0.3) is 0 Å². The van der Waals surface area contributed by atoms with Gasteiger partial charge in [-0.25, -0.2) is 0 Å². The molecule has 4 nitrogen and oxygen atoms in total. The number of ether oxygens (including phenoxy) is 2. The highest BCUT2D eigenvalue weighted by Crippen LogP contribution is 2.44. The Kier molecular flexibility index (Phi) is 1.41. The van der Waals surface area contributed by atoms with E-state index < -0.39 is 100 Å². The number of rotatable bonds is 3. The predicted molar refractivity (Wildman–Crippen MR) is 95.7 cm³/mol. The summed E-state index contributed by atoms with van der Waals surface area (Å²) in [6.45, 7) is -12.1. The molecule has 3 unspecified atom stereocenters. The van der Waals surface area contributed by atoms with E-state index in [1.807, 2.05) is 0 Å². The number of aliphatic hydroxyl groups is 1. The molecule has 2 aliphatic rings. The van der Waals surface area contributed by atoms with Crippen molar-refractivity contribution in [1.82, 2.24) is 4.90 Å². The van der Waals surface area contributed by atoms with E-state index >= 15 is 0 Å². The maximum Gasteiger partial charge on any atom is 0.161 e. The molecule has 2 heterocycles. The SMILES string of the molecule is [2H]C([2H])([2H])Oc1cc2c(cc1OC([2H])([2H])[2H])C1([2H])N(CC2)C([2H])([2H])C([2H])(C([2H])([2H])C(C)(C([2H])([2H])[2H])C([2H])([2H])[2H])C([2H])(O)C1([2H])[2H]. The Morgan fingerprint density at radius 3 is 2.88 bits per heavy atom. The Labute approximate surface area is 175 Å². The van der Waals surface area contributed by atoms with Crippen molar-refractivity contribution in [2.45, 2.75) is 51.9 Å². The normalized spacial score (nSPS) is 56.3. The molecule has 1 N–H and O–H groups in total. The summed E-state index contributed by atoms with van der Waals surface area (Å²) < 4.78 is 182. The van der Waals surface area contributed by atoms with Crippen molar-refractivity contribution in [3.8, 4) is 11.5 Å². The molecule has 24 heavy (non-hydrogen) atoms. The van der Waals surface area contributed by atoms with Crippen molar-refractivity contribution in [3.05, 3.63) is 23.3 Å². The highest BCUT2D eigenvalue weighted by atomic mass is 16.5. The Hall–Kier alpha value is -1.26. The highest BCUT2D eigenvalue weighted by Gasteiger charge is 2.39. The summed E-state index contributed by atoms with van der Waals surface area (Å²) in [5, 5.41) is 11.6. The van der Waals surface area contributed by atoms with Crippen molar-refractivity contribution in [1.29, 1.82) is 0 Å². The van der Waals surface area contributed by atoms with E-state index in [1.54, 1.807) is 0 Å². The van der Waals surface area contributed by atoms with Crippen LogP contribution in [0.5, 0.6) is 11.5 Å². The molecule has 3 rings (SSSR count). The lowest BCUT2D eigenvalue weighted by Crippen LogP contribution is -2.48. The first-order valence-corrected chi connectivity index (χ1v) is 7.06. The van der Waals surface area contributed by atoms with Gasteiger partial charge in [0.15, 0.2) is 11.5 Å². The molecule has 1 fully saturated rings. The summed E-state index contributed by atoms with van der Waals surface area (Å²) in [6, 6.07) is -1.84. The molecule has 0 amide bonds. The number of nitrogens with zero attached hydrogens (tertiary/aromatic N) is 1. The molecule has 0 saturated carbocycles. The van der Waals surface area contributed by atoms with Crippen molar-refractivity contribution in [2.75, 3.05) is 27.1 Å². The lowest BCUT2D eigenvalue weighted by Gasteiger charge is -2.47. The first kappa shape index (κ1) is 5.14. The van der Waals surface area contributed by atoms with Crippen molar-refractivity contribution >= 4 is 0 Å². The van der Waals surface area contributed by atoms with Gasteiger partial charge < -0.3 is 14.6 Å². The molecule has 1 saturated heterocycles. The van der Waals surface area contributed by atoms with E-state index in [0.29, 0.717) is 13.0 Å². The molecule has 1 aromatic rings. The number of benzene rings is 1. The average Bonchev–Trinajstić information content (AvgIpc) is 2.79. The highest BCUT2D eigenvalue weighted by molar-refractivity contribution is 5.49. The van der Waals surface area contributed by atoms with Crippen LogP contribution in [0.2, 0.25) is 0 Å². The Morgan fingerprint density at radius 1 is 1.42 bits per heavy atom. The van der Waals surface area contributed by atoms with Crippen LogP contribution in [-0.4, -0.2) is 43.2 Å². The molecule has 134 valence electrons. The van der Waals surface area contributed by atoms with Gasteiger partial charge in [0.05, 0.1) is 31.1 Å². The van der Waals surface area contributed by atoms with Crippen LogP contribution >= 0.6 is 0 Å². The average molecular weight is 355 g/mol. The molecule has 0 spiro atoms. The van der Waals surface area contributed by atoms with Crippen LogP contribution in [-0.2, 0) is 6.42 Å². The van der Waals surface area contributed by atoms with E-state index in [9.17, 15) is 6.48 Å². The van der Waals surface area contributed by atoms with E-state index in [4.69, 9.17) is 36.9 Å². The summed E-state index contributed by atoms with van der Waals surface area (Å²) >= 11 is 0. The van der Waals surface area contributed by atoms with Gasteiger partial charge in [-0.3, -0.25) is 4.90 Å². The fraction of sp³-hybridized carbons (Fsp3) is 0.700. The van der Waals surface area contributed by atoms with Crippen LogP contribution in [0.15, 0.2) is 12.1 Å². The lowest BCUT2D eigenvalue weighted by atomic mass is 9.75. The van der Waals surface area contributed by atoms with Crippen molar-refractivity contribution in [3.63, 3.8) is 0 Å². The fourth-order valence-corrected chi connectivity index (χ4v) is 2.62. The van der Waals surface area contributed by atoms with Gasteiger partial charge in [0, 0.05) is 36.9 Å². The second-order valence-electron chi connectivity index (χ2n) is 5.62. The van der Waals surface area contributed by atoms with Crippen LogP contribution in [0.1, 0.15) is 79.3 Å². The van der Waals surface area contributed by atoms with Crippen molar-refractivity contribution < 1.29 is 43.4 Å². The zero-order chi connectivity index (χ0) is 35.6. The third-order valence-corrected chi connectivity index (χ3v) is 3.61. The molecule has 3 atom stereocenters. The topological polar surface area (TPSA) is 41.9 Å². The first-order chi connectivity index (χ1) is 19.5. The summed E-state index contributed by atoms with van der Waals surface area (Å²) in [7, 11) is -6.43. The third-order valence-electron chi connectivity index (χ3n) is 3.61. The first-order valence-electron chi connectivity index (χ1n) is 17.6. The number of piperidine rings is 1. The second-order valence-corrected chi connectivity index (χ2v) is 5.62. The van der Waals surface area contributed by atoms with Gasteiger partial charge in [-0.2, -0.15) is 0 Å². The van der Waals surface area contributed by atoms with E-state index in [1.165, 1.54) is 0 Å². The molecule has 1 aromatic carbocycles. The van der Waals surface area contributed by atoms with Gasteiger partial charge in [-0.15, -0.1) is 0 Å². The third kappa shape index (κ3) is 3.40. The van der Waals surface area contributed by atoms with Crippen LogP contribution in [0, 0.1) is 11.3 Å². The van der Waals surface area contributed by atoms with Crippen LogP contribution in [0.25, 0.3) is 0 Å². The Bertz CT molecular complexity index is 1310. The largest absolute Gasteiger partial charge is 0.493 e. The number of methoxy groups -OCH3 is 2. The molecular weight excluding hydrogens is 302 g/mol. The molecule has 4 heteroatoms. The van der Waals surface area contributed by atoms with Crippen LogP contribution in [0.3, 0.4) is 0 Å². The maximum atomic E-state index is 11.6. The molecular formula is C20H31NO3. The van der Waals surface area contributed by atoms with Crippen LogP contribution < -0.4 is 9.47 Å². The molecule has 0 radical (unpaired) electrons. The molecule has 0 aliphatic carbocycles. The summed E-state index contributed by atoms with van der Waals surface area (Å²) in [5.74, 6) is -5.91. The number of hydrogen-bond acceptors (Lipinski definition) is 4. The Balaban J connectivity index is 2.45. The number of hydrogen-bond donors (Lipinski definition) is 1. The molecule has 2 aliphatic heterocycles. The Morgan fingerprint density at radius 2 is 2.17 bits per heavy atom. The summed E-state index contributed by atoms with van der Waals surface area (Å²) in [6.07, 6.45) is -13.2. The fourth-order valence-electron chi connectivity index (χ4n) is 2.62. The van der Waals surface area contributed by atoms with Crippen LogP contribution in [0.4, 0.5) is 0 Å². The van der Waals surface area contributed by atoms with Gasteiger partial charge in [0.1, 0.15) is 0 Å². The van der Waals surface area contributed by atoms with Crippen molar-refractivity contribution in [2.24, 2.45) is 11.3 Å². The van der Waals surface area contributed by atoms with E-state index in [-0.39, 0.29) is 10.5 Å². The minimum Gasteiger partial charge on any atom is -0.493 e. The zero-order valence-electron chi connectivity index (χ0n) is 33.8. The predicted octanol–water partition coefficient (Wildman–Crippen LogP) is 3.42. The lowest BCUT2D eigenvalue weighted by molar-refractivity contribution is -0.0259. The summed E-state index contributed by atoms with van der Waals surface area (Å²) in [5.41, 5.74) is -4.56. The maximum absolute atomic E-state index is 11.6. The summed E-state index contributed by atoms with van der Waals surface area (Å²) in [4.78, 5) is 0.221. The van der Waals surface area contributed by atoms with Gasteiger partial charge in [0.2, 0.25) is 0 Å².